The third-order valence-electron chi connectivity index (χ3n) is 3.14. The molecule has 8 heteroatoms. The van der Waals surface area contributed by atoms with Crippen molar-refractivity contribution in [2.24, 2.45) is 0 Å². The number of carbonyl (C=O) groups is 1. The Hall–Kier alpha value is -1.09. The van der Waals surface area contributed by atoms with Gasteiger partial charge in [-0.2, -0.15) is 0 Å². The van der Waals surface area contributed by atoms with Crippen molar-refractivity contribution in [1.82, 2.24) is 15.1 Å². The molecule has 1 amide bonds. The van der Waals surface area contributed by atoms with Crippen LogP contribution in [0.5, 0.6) is 0 Å². The van der Waals surface area contributed by atoms with Gasteiger partial charge < -0.3 is 19.7 Å². The summed E-state index contributed by atoms with van der Waals surface area (Å²) in [5.74, 6) is -0.0403. The van der Waals surface area contributed by atoms with Gasteiger partial charge in [-0.3, -0.25) is 4.79 Å². The Morgan fingerprint density at radius 2 is 2.33 bits per heavy atom. The van der Waals surface area contributed by atoms with Gasteiger partial charge in [-0.1, -0.05) is 18.3 Å². The van der Waals surface area contributed by atoms with Gasteiger partial charge in [-0.25, -0.2) is 0 Å². The predicted molar refractivity (Wildman–Crippen MR) is 80.6 cm³/mol. The number of aryl methyl sites for hydroxylation is 1. The Kier molecular flexibility index (Phi) is 6.50. The molecule has 21 heavy (non-hydrogen) atoms. The van der Waals surface area contributed by atoms with E-state index in [-0.39, 0.29) is 12.0 Å². The second kappa shape index (κ2) is 8.38. The van der Waals surface area contributed by atoms with E-state index in [1.807, 2.05) is 14.0 Å². The van der Waals surface area contributed by atoms with E-state index in [4.69, 9.17) is 9.47 Å². The average molecular weight is 314 g/mol. The lowest BCUT2D eigenvalue weighted by molar-refractivity contribution is -0.117. The number of hydrogen-bond donors (Lipinski definition) is 1. The topological polar surface area (TPSA) is 76.6 Å². The SMILES string of the molecule is CCc1nnc(NC(=O)CCN(C)CC2COCCO2)s1. The van der Waals surface area contributed by atoms with Gasteiger partial charge in [-0.05, 0) is 13.5 Å². The highest BCUT2D eigenvalue weighted by molar-refractivity contribution is 7.15. The fourth-order valence-electron chi connectivity index (χ4n) is 2.00. The zero-order valence-corrected chi connectivity index (χ0v) is 13.3. The predicted octanol–water partition coefficient (Wildman–Crippen LogP) is 0.776. The highest BCUT2D eigenvalue weighted by Crippen LogP contribution is 2.15. The summed E-state index contributed by atoms with van der Waals surface area (Å²) in [4.78, 5) is 13.9. The molecule has 1 saturated heterocycles. The molecule has 0 aromatic carbocycles. The fourth-order valence-corrected chi connectivity index (χ4v) is 2.70. The number of carbonyl (C=O) groups excluding carboxylic acids is 1. The molecule has 1 unspecified atom stereocenters. The maximum Gasteiger partial charge on any atom is 0.227 e. The Labute approximate surface area is 128 Å². The highest BCUT2D eigenvalue weighted by Gasteiger charge is 2.17. The number of likely N-dealkylation sites (N-methyl/N-ethyl adjacent to an activating group) is 1. The maximum absolute atomic E-state index is 11.9. The van der Waals surface area contributed by atoms with Crippen LogP contribution < -0.4 is 5.32 Å². The molecule has 1 fully saturated rings. The van der Waals surface area contributed by atoms with Gasteiger partial charge in [0.2, 0.25) is 11.0 Å². The molecule has 1 aliphatic heterocycles. The van der Waals surface area contributed by atoms with Crippen molar-refractivity contribution in [1.29, 1.82) is 0 Å². The Balaban J connectivity index is 1.65. The summed E-state index contributed by atoms with van der Waals surface area (Å²) in [6, 6.07) is 0. The first-order valence-corrected chi connectivity index (χ1v) is 7.99. The normalized spacial score (nSPS) is 18.9. The molecule has 1 atom stereocenters. The van der Waals surface area contributed by atoms with Gasteiger partial charge in [0.05, 0.1) is 25.9 Å². The van der Waals surface area contributed by atoms with Crippen molar-refractivity contribution >= 4 is 22.4 Å². The van der Waals surface area contributed by atoms with Crippen molar-refractivity contribution in [3.63, 3.8) is 0 Å². The molecule has 0 radical (unpaired) electrons. The summed E-state index contributed by atoms with van der Waals surface area (Å²) in [5, 5.41) is 12.2. The van der Waals surface area contributed by atoms with Crippen LogP contribution in [0.3, 0.4) is 0 Å². The van der Waals surface area contributed by atoms with Crippen LogP contribution in [-0.2, 0) is 20.7 Å². The van der Waals surface area contributed by atoms with Gasteiger partial charge in [-0.15, -0.1) is 10.2 Å². The number of ether oxygens (including phenoxy) is 2. The lowest BCUT2D eigenvalue weighted by Crippen LogP contribution is -2.39. The number of rotatable bonds is 7. The van der Waals surface area contributed by atoms with Crippen LogP contribution in [0.15, 0.2) is 0 Å². The lowest BCUT2D eigenvalue weighted by Gasteiger charge is -2.27. The van der Waals surface area contributed by atoms with Crippen molar-refractivity contribution in [2.75, 3.05) is 45.3 Å². The van der Waals surface area contributed by atoms with Gasteiger partial charge in [0.1, 0.15) is 5.01 Å². The number of aromatic nitrogens is 2. The molecule has 0 aliphatic carbocycles. The van der Waals surface area contributed by atoms with Crippen molar-refractivity contribution in [3.05, 3.63) is 5.01 Å². The number of amides is 1. The quantitative estimate of drug-likeness (QED) is 0.801. The second-order valence-electron chi connectivity index (χ2n) is 4.98. The molecule has 1 N–H and O–H groups in total. The number of nitrogens with zero attached hydrogens (tertiary/aromatic N) is 3. The second-order valence-corrected chi connectivity index (χ2v) is 6.04. The molecule has 1 aromatic heterocycles. The monoisotopic (exact) mass is 314 g/mol. The van der Waals surface area contributed by atoms with Crippen LogP contribution in [0, 0.1) is 0 Å². The molecular formula is C13H22N4O3S. The molecule has 1 aliphatic rings. The van der Waals surface area contributed by atoms with Gasteiger partial charge in [0.15, 0.2) is 0 Å². The Morgan fingerprint density at radius 1 is 1.48 bits per heavy atom. The number of hydrogen-bond acceptors (Lipinski definition) is 7. The van der Waals surface area contributed by atoms with E-state index in [1.165, 1.54) is 11.3 Å². The van der Waals surface area contributed by atoms with E-state index in [0.717, 1.165) is 18.0 Å². The van der Waals surface area contributed by atoms with Crippen LogP contribution in [-0.4, -0.2) is 67.1 Å². The van der Waals surface area contributed by atoms with E-state index >= 15 is 0 Å². The molecular weight excluding hydrogens is 292 g/mol. The summed E-state index contributed by atoms with van der Waals surface area (Å²) in [6.45, 7) is 5.40. The van der Waals surface area contributed by atoms with Crippen molar-refractivity contribution < 1.29 is 14.3 Å². The van der Waals surface area contributed by atoms with Crippen LogP contribution in [0.1, 0.15) is 18.4 Å². The minimum Gasteiger partial charge on any atom is -0.376 e. The van der Waals surface area contributed by atoms with E-state index in [2.05, 4.69) is 20.4 Å². The maximum atomic E-state index is 11.9. The molecule has 2 rings (SSSR count). The largest absolute Gasteiger partial charge is 0.376 e. The Morgan fingerprint density at radius 3 is 3.00 bits per heavy atom. The minimum absolute atomic E-state index is 0.0403. The minimum atomic E-state index is -0.0403. The fraction of sp³-hybridized carbons (Fsp3) is 0.769. The van der Waals surface area contributed by atoms with Crippen molar-refractivity contribution in [3.8, 4) is 0 Å². The summed E-state index contributed by atoms with van der Waals surface area (Å²) in [6.07, 6.45) is 1.35. The molecule has 0 bridgehead atoms. The van der Waals surface area contributed by atoms with Gasteiger partial charge in [0, 0.05) is 19.5 Å². The number of anilines is 1. The average Bonchev–Trinajstić information content (AvgIpc) is 2.94. The summed E-state index contributed by atoms with van der Waals surface area (Å²) in [5.41, 5.74) is 0. The third kappa shape index (κ3) is 5.66. The van der Waals surface area contributed by atoms with Crippen LogP contribution >= 0.6 is 11.3 Å². The van der Waals surface area contributed by atoms with E-state index in [0.29, 0.717) is 37.9 Å². The van der Waals surface area contributed by atoms with Crippen molar-refractivity contribution in [2.45, 2.75) is 25.9 Å². The zero-order chi connectivity index (χ0) is 15.1. The summed E-state index contributed by atoms with van der Waals surface area (Å²) < 4.78 is 10.9. The van der Waals surface area contributed by atoms with Crippen LogP contribution in [0.4, 0.5) is 5.13 Å². The first-order valence-electron chi connectivity index (χ1n) is 7.17. The molecule has 7 nitrogen and oxygen atoms in total. The van der Waals surface area contributed by atoms with E-state index in [1.54, 1.807) is 0 Å². The lowest BCUT2D eigenvalue weighted by atomic mass is 10.3. The Bertz CT molecular complexity index is 448. The third-order valence-corrected chi connectivity index (χ3v) is 4.12. The standard InChI is InChI=1S/C13H22N4O3S/c1-3-12-15-16-13(21-12)14-11(18)4-5-17(2)8-10-9-19-6-7-20-10/h10H,3-9H2,1-2H3,(H,14,16,18). The van der Waals surface area contributed by atoms with Crippen LogP contribution in [0.25, 0.3) is 0 Å². The molecule has 0 spiro atoms. The highest BCUT2D eigenvalue weighted by atomic mass is 32.1. The van der Waals surface area contributed by atoms with Crippen LogP contribution in [0.2, 0.25) is 0 Å². The summed E-state index contributed by atoms with van der Waals surface area (Å²) in [7, 11) is 1.98. The van der Waals surface area contributed by atoms with Gasteiger partial charge >= 0.3 is 0 Å². The first kappa shape index (κ1) is 16.3. The zero-order valence-electron chi connectivity index (χ0n) is 12.5. The van der Waals surface area contributed by atoms with Gasteiger partial charge in [0.25, 0.3) is 0 Å². The summed E-state index contributed by atoms with van der Waals surface area (Å²) >= 11 is 1.42. The smallest absolute Gasteiger partial charge is 0.227 e. The first-order chi connectivity index (χ1) is 10.2. The van der Waals surface area contributed by atoms with E-state index in [9.17, 15) is 4.79 Å². The molecule has 2 heterocycles. The van der Waals surface area contributed by atoms with E-state index < -0.39 is 0 Å². The number of nitrogens with one attached hydrogen (secondary N) is 1. The molecule has 1 aromatic rings. The molecule has 118 valence electrons. The molecule has 0 saturated carbocycles.